The molecule has 4 rings (SSSR count). The molecule has 0 spiro atoms. The van der Waals surface area contributed by atoms with E-state index in [9.17, 15) is 5.11 Å². The summed E-state index contributed by atoms with van der Waals surface area (Å²) in [5.74, 6) is 0.373. The van der Waals surface area contributed by atoms with Crippen LogP contribution in [-0.2, 0) is 6.54 Å². The van der Waals surface area contributed by atoms with Crippen LogP contribution in [0.4, 0.5) is 0 Å². The molecule has 0 amide bonds. The molecule has 2 aliphatic heterocycles. The first-order valence-electron chi connectivity index (χ1n) is 9.04. The summed E-state index contributed by atoms with van der Waals surface area (Å²) in [4.78, 5) is 9.00. The molecule has 0 bridgehead atoms. The van der Waals surface area contributed by atoms with Gasteiger partial charge in [-0.1, -0.05) is 15.9 Å². The minimum absolute atomic E-state index is 0.333. The zero-order valence-electron chi connectivity index (χ0n) is 14.6. The molecule has 2 fully saturated rings. The normalized spacial score (nSPS) is 24.8. The van der Waals surface area contributed by atoms with E-state index in [1.165, 1.54) is 5.56 Å². The molecule has 1 aromatic carbocycles. The summed E-state index contributed by atoms with van der Waals surface area (Å²) >= 11 is 3.48. The maximum Gasteiger partial charge on any atom is 0.120 e. The van der Waals surface area contributed by atoms with Crippen LogP contribution in [0, 0.1) is 0 Å². The molecular weight excluding hydrogens is 394 g/mol. The quantitative estimate of drug-likeness (QED) is 0.708. The van der Waals surface area contributed by atoms with Crippen LogP contribution in [0.1, 0.15) is 23.6 Å². The molecule has 3 heterocycles. The van der Waals surface area contributed by atoms with Gasteiger partial charge in [-0.05, 0) is 42.3 Å². The number of hydrogen-bond donors (Lipinski definition) is 3. The van der Waals surface area contributed by atoms with E-state index in [4.69, 9.17) is 0 Å². The number of phenolic OH excluding ortho intramolecular Hbond substituents is 1. The van der Waals surface area contributed by atoms with Gasteiger partial charge in [0.15, 0.2) is 0 Å². The van der Waals surface area contributed by atoms with Gasteiger partial charge in [0.25, 0.3) is 0 Å². The average molecular weight is 418 g/mol. The molecule has 26 heavy (non-hydrogen) atoms. The first-order chi connectivity index (χ1) is 12.7. The topological polar surface area (TPSA) is 63.7 Å². The van der Waals surface area contributed by atoms with Crippen LogP contribution in [0.25, 0.3) is 0 Å². The van der Waals surface area contributed by atoms with Gasteiger partial charge in [0.1, 0.15) is 5.75 Å². The molecule has 138 valence electrons. The summed E-state index contributed by atoms with van der Waals surface area (Å²) in [5, 5.41) is 10.0. The van der Waals surface area contributed by atoms with Gasteiger partial charge in [-0.25, -0.2) is 10.9 Å². The summed E-state index contributed by atoms with van der Waals surface area (Å²) in [6.07, 6.45) is 5.10. The fourth-order valence-corrected chi connectivity index (χ4v) is 4.16. The molecule has 6 nitrogen and oxygen atoms in total. The summed E-state index contributed by atoms with van der Waals surface area (Å²) in [5.41, 5.74) is 9.12. The molecule has 2 atom stereocenters. The van der Waals surface area contributed by atoms with Crippen molar-refractivity contribution in [3.63, 3.8) is 0 Å². The lowest BCUT2D eigenvalue weighted by atomic mass is 10.1. The Hall–Kier alpha value is -1.51. The lowest BCUT2D eigenvalue weighted by molar-refractivity contribution is 0.0826. The van der Waals surface area contributed by atoms with Gasteiger partial charge < -0.3 is 5.11 Å². The Morgan fingerprint density at radius 1 is 1.08 bits per heavy atom. The number of pyridine rings is 1. The van der Waals surface area contributed by atoms with E-state index < -0.39 is 0 Å². The summed E-state index contributed by atoms with van der Waals surface area (Å²) < 4.78 is 1.01. The number of aromatic hydroxyl groups is 1. The Morgan fingerprint density at radius 2 is 1.85 bits per heavy atom. The Bertz CT molecular complexity index is 736. The monoisotopic (exact) mass is 417 g/mol. The van der Waals surface area contributed by atoms with Gasteiger partial charge in [-0.2, -0.15) is 0 Å². The van der Waals surface area contributed by atoms with Crippen molar-refractivity contribution in [2.45, 2.75) is 25.2 Å². The number of hydrazine groups is 1. The molecule has 1 aromatic heterocycles. The Balaban J connectivity index is 1.29. The zero-order valence-corrected chi connectivity index (χ0v) is 16.2. The number of piperazine rings is 1. The van der Waals surface area contributed by atoms with E-state index in [0.717, 1.165) is 49.2 Å². The van der Waals surface area contributed by atoms with Crippen molar-refractivity contribution in [3.8, 4) is 5.75 Å². The third-order valence-corrected chi connectivity index (χ3v) is 5.77. The van der Waals surface area contributed by atoms with Gasteiger partial charge in [0.05, 0.1) is 6.17 Å². The predicted molar refractivity (Wildman–Crippen MR) is 104 cm³/mol. The molecule has 0 saturated carbocycles. The number of nitrogens with zero attached hydrogens (tertiary/aromatic N) is 3. The molecular formula is C19H24BrN5O. The summed E-state index contributed by atoms with van der Waals surface area (Å²) in [6.45, 7) is 4.84. The maximum absolute atomic E-state index is 10.0. The lowest BCUT2D eigenvalue weighted by Crippen LogP contribution is -2.53. The van der Waals surface area contributed by atoms with Crippen molar-refractivity contribution in [2.24, 2.45) is 0 Å². The second-order valence-corrected chi connectivity index (χ2v) is 7.87. The smallest absolute Gasteiger partial charge is 0.120 e. The fraction of sp³-hybridized carbons (Fsp3) is 0.421. The number of nitrogens with one attached hydrogen (secondary N) is 2. The van der Waals surface area contributed by atoms with Crippen molar-refractivity contribution < 1.29 is 5.11 Å². The van der Waals surface area contributed by atoms with E-state index in [2.05, 4.69) is 53.7 Å². The summed E-state index contributed by atoms with van der Waals surface area (Å²) in [7, 11) is 0. The van der Waals surface area contributed by atoms with Crippen molar-refractivity contribution in [3.05, 3.63) is 58.3 Å². The number of hydrogen-bond acceptors (Lipinski definition) is 6. The predicted octanol–water partition coefficient (Wildman–Crippen LogP) is 2.23. The second kappa shape index (κ2) is 8.02. The maximum atomic E-state index is 10.0. The molecule has 0 radical (unpaired) electrons. The van der Waals surface area contributed by atoms with Gasteiger partial charge in [0.2, 0.25) is 0 Å². The van der Waals surface area contributed by atoms with E-state index in [0.29, 0.717) is 18.0 Å². The van der Waals surface area contributed by atoms with Crippen LogP contribution in [0.2, 0.25) is 0 Å². The Morgan fingerprint density at radius 3 is 2.62 bits per heavy atom. The van der Waals surface area contributed by atoms with Crippen LogP contribution in [0.15, 0.2) is 47.2 Å². The largest absolute Gasteiger partial charge is 0.508 e. The SMILES string of the molecule is Oc1ccc(Br)cc1CN1CCN(C2CC(c3ccncc3)NN2)CC1. The van der Waals surface area contributed by atoms with Crippen molar-refractivity contribution in [1.29, 1.82) is 0 Å². The number of phenols is 1. The fourth-order valence-electron chi connectivity index (χ4n) is 3.75. The minimum atomic E-state index is 0.333. The van der Waals surface area contributed by atoms with Gasteiger partial charge in [0, 0.05) is 61.2 Å². The molecule has 2 aromatic rings. The van der Waals surface area contributed by atoms with Crippen LogP contribution >= 0.6 is 15.9 Å². The third-order valence-electron chi connectivity index (χ3n) is 5.27. The molecule has 2 aliphatic rings. The molecule has 2 unspecified atom stereocenters. The molecule has 0 aliphatic carbocycles. The lowest BCUT2D eigenvalue weighted by Gasteiger charge is -2.37. The van der Waals surface area contributed by atoms with Gasteiger partial charge in [-0.15, -0.1) is 0 Å². The molecule has 2 saturated heterocycles. The number of rotatable bonds is 4. The van der Waals surface area contributed by atoms with E-state index in [-0.39, 0.29) is 0 Å². The Labute approximate surface area is 162 Å². The first-order valence-corrected chi connectivity index (χ1v) is 9.83. The standard InChI is InChI=1S/C19H24BrN5O/c20-16-1-2-18(26)15(11-16)13-24-7-9-25(10-8-24)19-12-17(22-23-19)14-3-5-21-6-4-14/h1-6,11,17,19,22-23,26H,7-10,12-13H2. The highest BCUT2D eigenvalue weighted by Crippen LogP contribution is 2.26. The van der Waals surface area contributed by atoms with Gasteiger partial charge >= 0.3 is 0 Å². The van der Waals surface area contributed by atoms with Crippen molar-refractivity contribution >= 4 is 15.9 Å². The van der Waals surface area contributed by atoms with Crippen molar-refractivity contribution in [2.75, 3.05) is 26.2 Å². The number of benzene rings is 1. The average Bonchev–Trinajstić information content (AvgIpc) is 3.16. The minimum Gasteiger partial charge on any atom is -0.508 e. The van der Waals surface area contributed by atoms with E-state index in [1.807, 2.05) is 24.5 Å². The van der Waals surface area contributed by atoms with Crippen LogP contribution < -0.4 is 10.9 Å². The highest BCUT2D eigenvalue weighted by molar-refractivity contribution is 9.10. The molecule has 7 heteroatoms. The zero-order chi connectivity index (χ0) is 17.9. The first kappa shape index (κ1) is 17.9. The summed E-state index contributed by atoms with van der Waals surface area (Å²) in [6, 6.07) is 10.1. The van der Waals surface area contributed by atoms with E-state index >= 15 is 0 Å². The van der Waals surface area contributed by atoms with Gasteiger partial charge in [-0.3, -0.25) is 14.8 Å². The number of aromatic nitrogens is 1. The van der Waals surface area contributed by atoms with Crippen LogP contribution in [0.5, 0.6) is 5.75 Å². The highest BCUT2D eigenvalue weighted by atomic mass is 79.9. The highest BCUT2D eigenvalue weighted by Gasteiger charge is 2.31. The molecule has 3 N–H and O–H groups in total. The Kier molecular flexibility index (Phi) is 5.52. The van der Waals surface area contributed by atoms with Crippen LogP contribution in [0.3, 0.4) is 0 Å². The van der Waals surface area contributed by atoms with Crippen molar-refractivity contribution in [1.82, 2.24) is 25.6 Å². The van der Waals surface area contributed by atoms with E-state index in [1.54, 1.807) is 6.07 Å². The number of halogens is 1. The van der Waals surface area contributed by atoms with Crippen LogP contribution in [-0.4, -0.2) is 52.2 Å². The third kappa shape index (κ3) is 4.07. The second-order valence-electron chi connectivity index (χ2n) is 6.96.